The van der Waals surface area contributed by atoms with Crippen LogP contribution in [0.4, 0.5) is 10.1 Å². The van der Waals surface area contributed by atoms with E-state index in [0.29, 0.717) is 11.1 Å². The third-order valence-electron chi connectivity index (χ3n) is 2.75. The largest absolute Gasteiger partial charge is 0.482 e. The molecule has 0 saturated carbocycles. The van der Waals surface area contributed by atoms with E-state index in [-0.39, 0.29) is 28.9 Å². The molecule has 0 atom stereocenters. The van der Waals surface area contributed by atoms with E-state index < -0.39 is 10.7 Å². The summed E-state index contributed by atoms with van der Waals surface area (Å²) in [7, 11) is 0. The van der Waals surface area contributed by atoms with Crippen molar-refractivity contribution in [1.29, 1.82) is 0 Å². The van der Waals surface area contributed by atoms with Crippen LogP contribution >= 0.6 is 23.2 Å². The molecule has 0 aliphatic carbocycles. The van der Waals surface area contributed by atoms with Gasteiger partial charge in [-0.05, 0) is 29.3 Å². The Kier molecular flexibility index (Phi) is 4.98. The molecule has 4 nitrogen and oxygen atoms in total. The van der Waals surface area contributed by atoms with E-state index in [2.05, 4.69) is 0 Å². The molecule has 2 aromatic rings. The Labute approximate surface area is 130 Å². The fourth-order valence-corrected chi connectivity index (χ4v) is 2.07. The van der Waals surface area contributed by atoms with Gasteiger partial charge < -0.3 is 4.74 Å². The second-order valence-electron chi connectivity index (χ2n) is 4.23. The first-order chi connectivity index (χ1) is 10.0. The highest BCUT2D eigenvalue weighted by Crippen LogP contribution is 2.29. The van der Waals surface area contributed by atoms with Crippen molar-refractivity contribution in [3.05, 3.63) is 68.5 Å². The van der Waals surface area contributed by atoms with Gasteiger partial charge in [-0.3, -0.25) is 10.1 Å². The van der Waals surface area contributed by atoms with Crippen LogP contribution < -0.4 is 4.74 Å². The number of hydrogen-bond donors (Lipinski definition) is 0. The first-order valence-electron chi connectivity index (χ1n) is 5.91. The second kappa shape index (κ2) is 6.74. The minimum atomic E-state index is -0.537. The molecule has 0 N–H and O–H groups in total. The van der Waals surface area contributed by atoms with Gasteiger partial charge in [0.15, 0.2) is 5.75 Å². The molecule has 2 aromatic carbocycles. The van der Waals surface area contributed by atoms with Crippen LogP contribution in [0.3, 0.4) is 0 Å². The van der Waals surface area contributed by atoms with E-state index in [0.717, 1.165) is 0 Å². The molecule has 0 aliphatic heterocycles. The highest BCUT2D eigenvalue weighted by atomic mass is 35.5. The van der Waals surface area contributed by atoms with Crippen molar-refractivity contribution >= 4 is 28.9 Å². The van der Waals surface area contributed by atoms with Gasteiger partial charge >= 0.3 is 5.69 Å². The average Bonchev–Trinajstić information content (AvgIpc) is 2.48. The Morgan fingerprint density at radius 2 is 1.90 bits per heavy atom. The fourth-order valence-electron chi connectivity index (χ4n) is 1.70. The summed E-state index contributed by atoms with van der Waals surface area (Å²) in [5.74, 6) is -0.203. The standard InChI is InChI=1S/C14H10Cl2FNO3/c15-7-9-2-4-13(18(19)20)14(6-9)21-8-10-1-3-12(17)11(16)5-10/h1-6H,7-8H2. The highest BCUT2D eigenvalue weighted by molar-refractivity contribution is 6.30. The van der Waals surface area contributed by atoms with Crippen molar-refractivity contribution in [2.45, 2.75) is 12.5 Å². The molecule has 0 spiro atoms. The predicted molar refractivity (Wildman–Crippen MR) is 78.4 cm³/mol. The van der Waals surface area contributed by atoms with Gasteiger partial charge in [-0.15, -0.1) is 11.6 Å². The highest BCUT2D eigenvalue weighted by Gasteiger charge is 2.15. The van der Waals surface area contributed by atoms with Crippen LogP contribution in [0.15, 0.2) is 36.4 Å². The molecule has 0 fully saturated rings. The molecule has 2 rings (SSSR count). The minimum absolute atomic E-state index is 0.0277. The van der Waals surface area contributed by atoms with Crippen molar-refractivity contribution in [1.82, 2.24) is 0 Å². The average molecular weight is 330 g/mol. The summed E-state index contributed by atoms with van der Waals surface area (Å²) in [5.41, 5.74) is 1.15. The van der Waals surface area contributed by atoms with E-state index in [1.165, 1.54) is 30.3 Å². The summed E-state index contributed by atoms with van der Waals surface area (Å²) < 4.78 is 18.5. The third kappa shape index (κ3) is 3.83. The van der Waals surface area contributed by atoms with E-state index in [9.17, 15) is 14.5 Å². The number of hydrogen-bond acceptors (Lipinski definition) is 3. The number of nitro benzene ring substituents is 1. The first-order valence-corrected chi connectivity index (χ1v) is 6.82. The monoisotopic (exact) mass is 329 g/mol. The number of rotatable bonds is 5. The summed E-state index contributed by atoms with van der Waals surface area (Å²) in [4.78, 5) is 10.4. The maximum absolute atomic E-state index is 13.1. The smallest absolute Gasteiger partial charge is 0.310 e. The number of alkyl halides is 1. The van der Waals surface area contributed by atoms with Crippen LogP contribution in [-0.2, 0) is 12.5 Å². The zero-order chi connectivity index (χ0) is 15.4. The lowest BCUT2D eigenvalue weighted by molar-refractivity contribution is -0.386. The molecule has 21 heavy (non-hydrogen) atoms. The molecule has 0 amide bonds. The van der Waals surface area contributed by atoms with E-state index in [1.54, 1.807) is 6.07 Å². The molecule has 7 heteroatoms. The quantitative estimate of drug-likeness (QED) is 0.453. The van der Waals surface area contributed by atoms with Gasteiger partial charge in [-0.2, -0.15) is 0 Å². The van der Waals surface area contributed by atoms with E-state index in [1.807, 2.05) is 0 Å². The topological polar surface area (TPSA) is 52.4 Å². The van der Waals surface area contributed by atoms with Gasteiger partial charge in [-0.1, -0.05) is 23.7 Å². The number of benzene rings is 2. The van der Waals surface area contributed by atoms with Crippen LogP contribution in [0, 0.1) is 15.9 Å². The lowest BCUT2D eigenvalue weighted by atomic mass is 10.2. The minimum Gasteiger partial charge on any atom is -0.482 e. The Morgan fingerprint density at radius 1 is 1.19 bits per heavy atom. The van der Waals surface area contributed by atoms with Crippen molar-refractivity contribution in [2.75, 3.05) is 0 Å². The molecule has 0 unspecified atom stereocenters. The second-order valence-corrected chi connectivity index (χ2v) is 4.90. The van der Waals surface area contributed by atoms with Crippen molar-refractivity contribution in [3.8, 4) is 5.75 Å². The Bertz CT molecular complexity index is 679. The number of halogens is 3. The number of nitro groups is 1. The van der Waals surface area contributed by atoms with E-state index >= 15 is 0 Å². The molecule has 110 valence electrons. The van der Waals surface area contributed by atoms with E-state index in [4.69, 9.17) is 27.9 Å². The van der Waals surface area contributed by atoms with Crippen LogP contribution in [-0.4, -0.2) is 4.92 Å². The molecule has 0 saturated heterocycles. The summed E-state index contributed by atoms with van der Waals surface area (Å²) in [6.45, 7) is 0.0343. The lowest BCUT2D eigenvalue weighted by Crippen LogP contribution is -2.00. The SMILES string of the molecule is O=[N+]([O-])c1ccc(CCl)cc1OCc1ccc(F)c(Cl)c1. The van der Waals surface area contributed by atoms with Crippen LogP contribution in [0.25, 0.3) is 0 Å². The maximum atomic E-state index is 13.1. The van der Waals surface area contributed by atoms with Gasteiger partial charge in [0.2, 0.25) is 0 Å². The summed E-state index contributed by atoms with van der Waals surface area (Å²) in [6, 6.07) is 8.53. The van der Waals surface area contributed by atoms with Gasteiger partial charge in [0.25, 0.3) is 0 Å². The van der Waals surface area contributed by atoms with Crippen molar-refractivity contribution < 1.29 is 14.1 Å². The van der Waals surface area contributed by atoms with Gasteiger partial charge in [0.1, 0.15) is 12.4 Å². The molecule has 0 bridgehead atoms. The van der Waals surface area contributed by atoms with Crippen molar-refractivity contribution in [2.24, 2.45) is 0 Å². The lowest BCUT2D eigenvalue weighted by Gasteiger charge is -2.08. The Balaban J connectivity index is 2.21. The molecule has 0 aliphatic rings. The summed E-state index contributed by atoms with van der Waals surface area (Å²) in [5, 5.41) is 10.9. The van der Waals surface area contributed by atoms with Crippen molar-refractivity contribution in [3.63, 3.8) is 0 Å². The summed E-state index contributed by atoms with van der Waals surface area (Å²) in [6.07, 6.45) is 0. The first kappa shape index (κ1) is 15.5. The van der Waals surface area contributed by atoms with Crippen LogP contribution in [0.5, 0.6) is 5.75 Å². The number of nitrogens with zero attached hydrogens (tertiary/aromatic N) is 1. The fraction of sp³-hybridized carbons (Fsp3) is 0.143. The zero-order valence-electron chi connectivity index (χ0n) is 10.7. The van der Waals surface area contributed by atoms with Gasteiger partial charge in [0, 0.05) is 11.9 Å². The molecule has 0 aromatic heterocycles. The van der Waals surface area contributed by atoms with Crippen LogP contribution in [0.2, 0.25) is 5.02 Å². The summed E-state index contributed by atoms with van der Waals surface area (Å²) >= 11 is 11.4. The van der Waals surface area contributed by atoms with Crippen LogP contribution in [0.1, 0.15) is 11.1 Å². The maximum Gasteiger partial charge on any atom is 0.310 e. The molecule has 0 heterocycles. The molecular weight excluding hydrogens is 320 g/mol. The predicted octanol–water partition coefficient (Wildman–Crippen LogP) is 4.71. The molecule has 0 radical (unpaired) electrons. The normalized spacial score (nSPS) is 10.4. The molecular formula is C14H10Cl2FNO3. The number of ether oxygens (including phenoxy) is 1. The Hall–Kier alpha value is -1.85. The third-order valence-corrected chi connectivity index (χ3v) is 3.35. The Morgan fingerprint density at radius 3 is 2.52 bits per heavy atom. The zero-order valence-corrected chi connectivity index (χ0v) is 12.2. The van der Waals surface area contributed by atoms with Gasteiger partial charge in [-0.25, -0.2) is 4.39 Å². The van der Waals surface area contributed by atoms with Gasteiger partial charge in [0.05, 0.1) is 9.95 Å².